The first-order valence-corrected chi connectivity index (χ1v) is 46.0. The molecular formula is C83H162O17P2. The Bertz CT molecular complexity index is 1960. The fraction of sp³-hybridized carbons (Fsp3) is 0.952. The lowest BCUT2D eigenvalue weighted by Gasteiger charge is -2.21. The van der Waals surface area contributed by atoms with Gasteiger partial charge in [0.2, 0.25) is 0 Å². The molecule has 19 heteroatoms. The Labute approximate surface area is 626 Å². The number of hydrogen-bond acceptors (Lipinski definition) is 15. The molecule has 0 aliphatic carbocycles. The van der Waals surface area contributed by atoms with Crippen molar-refractivity contribution < 1.29 is 80.2 Å². The highest BCUT2D eigenvalue weighted by Crippen LogP contribution is 2.45. The largest absolute Gasteiger partial charge is 0.472 e. The molecule has 5 atom stereocenters. The molecule has 102 heavy (non-hydrogen) atoms. The number of unbranched alkanes of at least 4 members (excludes halogenated alkanes) is 52. The van der Waals surface area contributed by atoms with Gasteiger partial charge in [-0.15, -0.1) is 0 Å². The van der Waals surface area contributed by atoms with Crippen molar-refractivity contribution in [2.75, 3.05) is 39.6 Å². The molecule has 0 aromatic rings. The molecular weight excluding hydrogens is 1330 g/mol. The second kappa shape index (κ2) is 74.5. The SMILES string of the molecule is CCCCCCCCCCCCCCCCCCCCCCCC(=O)O[C@H](COC(=O)CCCCCCCCCCCCCCCCCCCCC)COP(=O)(O)OC[C@@H](O)COP(=O)(O)OC[C@@H](COC(=O)CCCCCCCCCCC(C)C)OC(=O)CCCCCCCCCCC(C)C. The predicted octanol–water partition coefficient (Wildman–Crippen LogP) is 25.1. The van der Waals surface area contributed by atoms with Gasteiger partial charge in [0.05, 0.1) is 26.4 Å². The lowest BCUT2D eigenvalue weighted by atomic mass is 10.0. The highest BCUT2D eigenvalue weighted by Gasteiger charge is 2.30. The average Bonchev–Trinajstić information content (AvgIpc) is 1.03. The van der Waals surface area contributed by atoms with Crippen LogP contribution in [0.1, 0.15) is 440 Å². The zero-order valence-corrected chi connectivity index (χ0v) is 68.7. The summed E-state index contributed by atoms with van der Waals surface area (Å²) in [7, 11) is -9.92. The van der Waals surface area contributed by atoms with E-state index in [1.54, 1.807) is 0 Å². The van der Waals surface area contributed by atoms with Gasteiger partial charge in [0.1, 0.15) is 19.3 Å². The summed E-state index contributed by atoms with van der Waals surface area (Å²) in [5.41, 5.74) is 0. The van der Waals surface area contributed by atoms with Crippen LogP contribution in [0.15, 0.2) is 0 Å². The van der Waals surface area contributed by atoms with Gasteiger partial charge in [-0.3, -0.25) is 37.3 Å². The van der Waals surface area contributed by atoms with Crippen molar-refractivity contribution >= 4 is 39.5 Å². The first-order chi connectivity index (χ1) is 49.4. The third-order valence-electron chi connectivity index (χ3n) is 19.5. The molecule has 2 unspecified atom stereocenters. The summed E-state index contributed by atoms with van der Waals surface area (Å²) < 4.78 is 68.7. The van der Waals surface area contributed by atoms with E-state index >= 15 is 0 Å². The van der Waals surface area contributed by atoms with E-state index in [2.05, 4.69) is 41.5 Å². The molecule has 0 bridgehead atoms. The van der Waals surface area contributed by atoms with E-state index in [-0.39, 0.29) is 25.7 Å². The van der Waals surface area contributed by atoms with Gasteiger partial charge < -0.3 is 33.8 Å². The Morgan fingerprint density at radius 1 is 0.265 bits per heavy atom. The van der Waals surface area contributed by atoms with Crippen LogP contribution >= 0.6 is 15.6 Å². The minimum Gasteiger partial charge on any atom is -0.462 e. The highest BCUT2D eigenvalue weighted by molar-refractivity contribution is 7.47. The summed E-state index contributed by atoms with van der Waals surface area (Å²) in [6.45, 7) is 9.56. The second-order valence-corrected chi connectivity index (χ2v) is 33.7. The van der Waals surface area contributed by atoms with E-state index in [1.807, 2.05) is 0 Å². The summed E-state index contributed by atoms with van der Waals surface area (Å²) in [6.07, 6.45) is 65.5. The van der Waals surface area contributed by atoms with E-state index in [4.69, 9.17) is 37.0 Å². The standard InChI is InChI=1S/C83H162O17P2/c1-7-9-11-13-15-17-19-21-23-25-27-28-30-32-34-36-38-40-49-55-61-67-82(87)99-78(71-93-80(85)65-59-53-47-39-37-35-33-31-29-26-24-22-20-18-16-14-12-10-8-2)73-97-101(89,90)95-69-77(84)70-96-102(91,92)98-74-79(100-83(88)68-62-56-50-44-42-46-52-58-64-76(5)6)72-94-81(86)66-60-54-48-43-41-45-51-57-63-75(3)4/h75-79,84H,7-74H2,1-6H3,(H,89,90)(H,91,92)/t77-,78-,79-/m1/s1. The molecule has 3 N–H and O–H groups in total. The number of aliphatic hydroxyl groups excluding tert-OH is 1. The molecule has 0 fully saturated rings. The van der Waals surface area contributed by atoms with Gasteiger partial charge in [-0.1, -0.05) is 388 Å². The number of carbonyl (C=O) groups excluding carboxylic acids is 4. The van der Waals surface area contributed by atoms with Crippen molar-refractivity contribution in [3.05, 3.63) is 0 Å². The molecule has 0 saturated heterocycles. The molecule has 0 aromatic carbocycles. The number of esters is 4. The molecule has 17 nitrogen and oxygen atoms in total. The first kappa shape index (κ1) is 100. The summed E-state index contributed by atoms with van der Waals surface area (Å²) >= 11 is 0. The number of rotatable bonds is 82. The maximum atomic E-state index is 13.1. The first-order valence-electron chi connectivity index (χ1n) is 43.0. The van der Waals surface area contributed by atoms with Crippen LogP contribution in [0.4, 0.5) is 0 Å². The van der Waals surface area contributed by atoms with Gasteiger partial charge in [0.15, 0.2) is 12.2 Å². The quantitative estimate of drug-likeness (QED) is 0.0222. The van der Waals surface area contributed by atoms with Gasteiger partial charge in [-0.2, -0.15) is 0 Å². The minimum atomic E-state index is -4.96. The molecule has 0 radical (unpaired) electrons. The van der Waals surface area contributed by atoms with Crippen LogP contribution in [-0.2, 0) is 65.4 Å². The number of phosphoric ester groups is 2. The van der Waals surface area contributed by atoms with E-state index < -0.39 is 97.5 Å². The lowest BCUT2D eigenvalue weighted by Crippen LogP contribution is -2.30. The van der Waals surface area contributed by atoms with Gasteiger partial charge in [0, 0.05) is 25.7 Å². The van der Waals surface area contributed by atoms with E-state index in [1.165, 1.54) is 257 Å². The molecule has 0 rings (SSSR count). The van der Waals surface area contributed by atoms with Crippen molar-refractivity contribution in [1.82, 2.24) is 0 Å². The van der Waals surface area contributed by atoms with Crippen molar-refractivity contribution in [1.29, 1.82) is 0 Å². The van der Waals surface area contributed by atoms with Crippen molar-refractivity contribution in [2.45, 2.75) is 458 Å². The zero-order chi connectivity index (χ0) is 74.9. The summed E-state index contributed by atoms with van der Waals surface area (Å²) in [5.74, 6) is -0.666. The van der Waals surface area contributed by atoms with Gasteiger partial charge in [-0.05, 0) is 37.5 Å². The number of ether oxygens (including phenoxy) is 4. The average molecular weight is 1490 g/mol. The molecule has 606 valence electrons. The van der Waals surface area contributed by atoms with Crippen LogP contribution in [0, 0.1) is 11.8 Å². The van der Waals surface area contributed by atoms with Crippen LogP contribution in [-0.4, -0.2) is 96.7 Å². The van der Waals surface area contributed by atoms with Gasteiger partial charge in [0.25, 0.3) is 0 Å². The van der Waals surface area contributed by atoms with Crippen LogP contribution in [0.2, 0.25) is 0 Å². The topological polar surface area (TPSA) is 237 Å². The molecule has 0 saturated carbocycles. The Kier molecular flexibility index (Phi) is 73.1. The van der Waals surface area contributed by atoms with Gasteiger partial charge >= 0.3 is 39.5 Å². The van der Waals surface area contributed by atoms with E-state index in [0.717, 1.165) is 102 Å². The third kappa shape index (κ3) is 76.3. The number of phosphoric acid groups is 2. The lowest BCUT2D eigenvalue weighted by molar-refractivity contribution is -0.161. The minimum absolute atomic E-state index is 0.104. The van der Waals surface area contributed by atoms with Crippen molar-refractivity contribution in [3.63, 3.8) is 0 Å². The normalized spacial score (nSPS) is 13.9. The van der Waals surface area contributed by atoms with Crippen LogP contribution in [0.3, 0.4) is 0 Å². The Morgan fingerprint density at radius 3 is 0.667 bits per heavy atom. The molecule has 0 amide bonds. The van der Waals surface area contributed by atoms with Gasteiger partial charge in [-0.25, -0.2) is 9.13 Å². The maximum absolute atomic E-state index is 13.1. The number of carbonyl (C=O) groups is 4. The number of hydrogen-bond donors (Lipinski definition) is 3. The van der Waals surface area contributed by atoms with E-state index in [9.17, 15) is 43.2 Å². The smallest absolute Gasteiger partial charge is 0.462 e. The fourth-order valence-electron chi connectivity index (χ4n) is 12.9. The monoisotopic (exact) mass is 1490 g/mol. The van der Waals surface area contributed by atoms with Crippen molar-refractivity contribution in [2.24, 2.45) is 11.8 Å². The molecule has 0 aliphatic rings. The molecule has 0 spiro atoms. The molecule has 0 heterocycles. The third-order valence-corrected chi connectivity index (χ3v) is 21.4. The Hall–Kier alpha value is -1.94. The fourth-order valence-corrected chi connectivity index (χ4v) is 14.5. The second-order valence-electron chi connectivity index (χ2n) is 30.8. The zero-order valence-electron chi connectivity index (χ0n) is 66.9. The predicted molar refractivity (Wildman–Crippen MR) is 418 cm³/mol. The summed E-state index contributed by atoms with van der Waals surface area (Å²) in [4.78, 5) is 73.0. The Morgan fingerprint density at radius 2 is 0.451 bits per heavy atom. The summed E-state index contributed by atoms with van der Waals surface area (Å²) in [6, 6.07) is 0. The summed E-state index contributed by atoms with van der Waals surface area (Å²) in [5, 5.41) is 10.6. The maximum Gasteiger partial charge on any atom is 0.472 e. The van der Waals surface area contributed by atoms with Crippen LogP contribution in [0.25, 0.3) is 0 Å². The molecule has 0 aliphatic heterocycles. The Balaban J connectivity index is 5.21. The van der Waals surface area contributed by atoms with Crippen molar-refractivity contribution in [3.8, 4) is 0 Å². The van der Waals surface area contributed by atoms with Crippen LogP contribution < -0.4 is 0 Å². The highest BCUT2D eigenvalue weighted by atomic mass is 31.2. The number of aliphatic hydroxyl groups is 1. The van der Waals surface area contributed by atoms with E-state index in [0.29, 0.717) is 25.7 Å². The molecule has 0 aromatic heterocycles. The van der Waals surface area contributed by atoms with Crippen LogP contribution in [0.5, 0.6) is 0 Å².